The third-order valence-corrected chi connectivity index (χ3v) is 4.15. The van der Waals surface area contributed by atoms with Crippen LogP contribution in [0.5, 0.6) is 0 Å². The minimum absolute atomic E-state index is 0.339. The van der Waals surface area contributed by atoms with Gasteiger partial charge in [-0.25, -0.2) is 4.98 Å². The average molecular weight is 241 g/mol. The maximum absolute atomic E-state index is 9.99. The highest BCUT2D eigenvalue weighted by atomic mass is 32.1. The zero-order chi connectivity index (χ0) is 11.4. The Morgan fingerprint density at radius 2 is 2.56 bits per heavy atom. The topological polar surface area (TPSA) is 42.4 Å². The molecule has 2 unspecified atom stereocenters. The maximum atomic E-state index is 9.99. The molecule has 90 valence electrons. The van der Waals surface area contributed by atoms with Gasteiger partial charge >= 0.3 is 0 Å². The number of nitrogens with zero attached hydrogens (tertiary/aromatic N) is 1. The van der Waals surface area contributed by atoms with Gasteiger partial charge in [-0.15, -0.1) is 11.3 Å². The molecule has 1 aliphatic rings. The largest absolute Gasteiger partial charge is 0.388 e. The van der Waals surface area contributed by atoms with Crippen molar-refractivity contribution < 1.29 is 9.84 Å². The van der Waals surface area contributed by atoms with E-state index in [1.54, 1.807) is 16.8 Å². The smallest absolute Gasteiger partial charge is 0.0900 e. The Kier molecular flexibility index (Phi) is 4.32. The molecule has 0 radical (unpaired) electrons. The van der Waals surface area contributed by atoms with E-state index in [-0.39, 0.29) is 6.10 Å². The summed E-state index contributed by atoms with van der Waals surface area (Å²) in [6.07, 6.45) is 5.42. The van der Waals surface area contributed by atoms with Crippen molar-refractivity contribution >= 4 is 11.3 Å². The van der Waals surface area contributed by atoms with E-state index in [2.05, 4.69) is 4.98 Å². The van der Waals surface area contributed by atoms with Crippen molar-refractivity contribution in [2.45, 2.75) is 51.2 Å². The third-order valence-electron chi connectivity index (χ3n) is 3.11. The summed E-state index contributed by atoms with van der Waals surface area (Å²) in [6, 6.07) is 0. The zero-order valence-corrected chi connectivity index (χ0v) is 10.5. The van der Waals surface area contributed by atoms with Gasteiger partial charge in [0.25, 0.3) is 0 Å². The van der Waals surface area contributed by atoms with Crippen LogP contribution in [-0.4, -0.2) is 22.8 Å². The third kappa shape index (κ3) is 3.03. The molecular weight excluding hydrogens is 222 g/mol. The summed E-state index contributed by atoms with van der Waals surface area (Å²) in [5.41, 5.74) is 2.77. The Morgan fingerprint density at radius 1 is 1.69 bits per heavy atom. The van der Waals surface area contributed by atoms with E-state index in [4.69, 9.17) is 4.74 Å². The van der Waals surface area contributed by atoms with Crippen LogP contribution in [-0.2, 0) is 4.74 Å². The molecule has 2 heterocycles. The fourth-order valence-corrected chi connectivity index (χ4v) is 3.00. The second kappa shape index (κ2) is 5.75. The van der Waals surface area contributed by atoms with Crippen molar-refractivity contribution in [1.29, 1.82) is 0 Å². The molecule has 1 aromatic rings. The molecule has 1 aliphatic heterocycles. The molecule has 4 heteroatoms. The number of aliphatic hydroxyl groups is 1. The molecule has 0 saturated carbocycles. The molecule has 0 aromatic carbocycles. The van der Waals surface area contributed by atoms with Crippen LogP contribution in [0.2, 0.25) is 0 Å². The lowest BCUT2D eigenvalue weighted by molar-refractivity contribution is 0.0948. The predicted octanol–water partition coefficient (Wildman–Crippen LogP) is 2.83. The molecule has 2 rings (SSSR count). The van der Waals surface area contributed by atoms with Gasteiger partial charge < -0.3 is 9.84 Å². The molecule has 1 aromatic heterocycles. The molecule has 1 N–H and O–H groups in total. The van der Waals surface area contributed by atoms with Gasteiger partial charge in [0.1, 0.15) is 0 Å². The first kappa shape index (κ1) is 12.0. The second-order valence-electron chi connectivity index (χ2n) is 4.38. The van der Waals surface area contributed by atoms with E-state index in [9.17, 15) is 5.11 Å². The molecule has 2 atom stereocenters. The Morgan fingerprint density at radius 3 is 3.19 bits per heavy atom. The van der Waals surface area contributed by atoms with E-state index >= 15 is 0 Å². The molecule has 3 nitrogen and oxygen atoms in total. The van der Waals surface area contributed by atoms with E-state index in [0.29, 0.717) is 6.10 Å². The van der Waals surface area contributed by atoms with Crippen molar-refractivity contribution in [2.24, 2.45) is 0 Å². The number of ether oxygens (including phenoxy) is 1. The summed E-state index contributed by atoms with van der Waals surface area (Å²) >= 11 is 1.55. The van der Waals surface area contributed by atoms with Gasteiger partial charge in [-0.2, -0.15) is 0 Å². The zero-order valence-electron chi connectivity index (χ0n) is 9.69. The minimum atomic E-state index is -0.339. The van der Waals surface area contributed by atoms with E-state index in [1.165, 1.54) is 12.8 Å². The lowest BCUT2D eigenvalue weighted by Gasteiger charge is -2.12. The standard InChI is InChI=1S/C12H19NO2S/c1-9-12(16-8-13-9)11(14)6-2-4-10-5-3-7-15-10/h8,10-11,14H,2-7H2,1H3. The summed E-state index contributed by atoms with van der Waals surface area (Å²) in [7, 11) is 0. The molecule has 0 bridgehead atoms. The SMILES string of the molecule is Cc1ncsc1C(O)CCCC1CCCO1. The normalized spacial score (nSPS) is 22.5. The Balaban J connectivity index is 1.71. The highest BCUT2D eigenvalue weighted by Crippen LogP contribution is 2.27. The molecule has 1 saturated heterocycles. The van der Waals surface area contributed by atoms with Gasteiger partial charge in [-0.05, 0) is 39.0 Å². The van der Waals surface area contributed by atoms with Crippen LogP contribution in [0.3, 0.4) is 0 Å². The first-order valence-corrected chi connectivity index (χ1v) is 6.85. The number of rotatable bonds is 5. The van der Waals surface area contributed by atoms with Gasteiger partial charge in [0.05, 0.1) is 28.3 Å². The second-order valence-corrected chi connectivity index (χ2v) is 5.27. The number of aliphatic hydroxyl groups excluding tert-OH is 1. The van der Waals surface area contributed by atoms with Crippen LogP contribution >= 0.6 is 11.3 Å². The fraction of sp³-hybridized carbons (Fsp3) is 0.750. The van der Waals surface area contributed by atoms with Crippen LogP contribution in [0.15, 0.2) is 5.51 Å². The first-order chi connectivity index (χ1) is 7.77. The Hall–Kier alpha value is -0.450. The lowest BCUT2D eigenvalue weighted by Crippen LogP contribution is -2.05. The van der Waals surface area contributed by atoms with Crippen molar-refractivity contribution in [1.82, 2.24) is 4.98 Å². The van der Waals surface area contributed by atoms with Gasteiger partial charge in [0.2, 0.25) is 0 Å². The van der Waals surface area contributed by atoms with Gasteiger partial charge in [0.15, 0.2) is 0 Å². The molecule has 0 aliphatic carbocycles. The van der Waals surface area contributed by atoms with Gasteiger partial charge in [0, 0.05) is 6.61 Å². The van der Waals surface area contributed by atoms with Crippen molar-refractivity contribution in [2.75, 3.05) is 6.61 Å². The van der Waals surface area contributed by atoms with Crippen LogP contribution < -0.4 is 0 Å². The highest BCUT2D eigenvalue weighted by Gasteiger charge is 2.17. The quantitative estimate of drug-likeness (QED) is 0.862. The fourth-order valence-electron chi connectivity index (χ4n) is 2.17. The van der Waals surface area contributed by atoms with Gasteiger partial charge in [-0.1, -0.05) is 0 Å². The Bertz CT molecular complexity index is 321. The summed E-state index contributed by atoms with van der Waals surface area (Å²) in [4.78, 5) is 5.18. The molecule has 0 amide bonds. The number of thiazole rings is 1. The van der Waals surface area contributed by atoms with Crippen molar-refractivity contribution in [3.05, 3.63) is 16.1 Å². The van der Waals surface area contributed by atoms with Crippen molar-refractivity contribution in [3.63, 3.8) is 0 Å². The van der Waals surface area contributed by atoms with Gasteiger partial charge in [-0.3, -0.25) is 0 Å². The molecule has 16 heavy (non-hydrogen) atoms. The molecular formula is C12H19NO2S. The Labute approximate surface area is 100 Å². The van der Waals surface area contributed by atoms with Crippen LogP contribution in [0.4, 0.5) is 0 Å². The summed E-state index contributed by atoms with van der Waals surface area (Å²) in [5.74, 6) is 0. The predicted molar refractivity (Wildman–Crippen MR) is 64.6 cm³/mol. The summed E-state index contributed by atoms with van der Waals surface area (Å²) in [5, 5.41) is 9.99. The van der Waals surface area contributed by atoms with Crippen LogP contribution in [0.25, 0.3) is 0 Å². The van der Waals surface area contributed by atoms with Crippen LogP contribution in [0, 0.1) is 6.92 Å². The number of aromatic nitrogens is 1. The summed E-state index contributed by atoms with van der Waals surface area (Å²) in [6.45, 7) is 2.87. The van der Waals surface area contributed by atoms with E-state index in [0.717, 1.165) is 36.4 Å². The maximum Gasteiger partial charge on any atom is 0.0900 e. The highest BCUT2D eigenvalue weighted by molar-refractivity contribution is 7.09. The first-order valence-electron chi connectivity index (χ1n) is 5.97. The lowest BCUT2D eigenvalue weighted by atomic mass is 10.1. The monoisotopic (exact) mass is 241 g/mol. The van der Waals surface area contributed by atoms with E-state index < -0.39 is 0 Å². The number of hydrogen-bond acceptors (Lipinski definition) is 4. The van der Waals surface area contributed by atoms with Crippen molar-refractivity contribution in [3.8, 4) is 0 Å². The molecule has 1 fully saturated rings. The van der Waals surface area contributed by atoms with Crippen LogP contribution in [0.1, 0.15) is 48.8 Å². The summed E-state index contributed by atoms with van der Waals surface area (Å²) < 4.78 is 5.56. The molecule has 0 spiro atoms. The number of hydrogen-bond donors (Lipinski definition) is 1. The van der Waals surface area contributed by atoms with E-state index in [1.807, 2.05) is 6.92 Å². The number of aryl methyl sites for hydroxylation is 1. The minimum Gasteiger partial charge on any atom is -0.388 e. The average Bonchev–Trinajstić information content (AvgIpc) is 2.88.